The minimum atomic E-state index is 0.434. The number of nitrogens with two attached hydrogens (primary N) is 1. The van der Waals surface area contributed by atoms with Gasteiger partial charge in [0.15, 0.2) is 0 Å². The van der Waals surface area contributed by atoms with Gasteiger partial charge < -0.3 is 14.9 Å². The Kier molecular flexibility index (Phi) is 3.68. The molecule has 0 aromatic carbocycles. The van der Waals surface area contributed by atoms with E-state index in [2.05, 4.69) is 4.90 Å². The Morgan fingerprint density at radius 1 is 1.33 bits per heavy atom. The Morgan fingerprint density at radius 2 is 2.22 bits per heavy atom. The van der Waals surface area contributed by atoms with Crippen LogP contribution in [0.3, 0.4) is 0 Å². The summed E-state index contributed by atoms with van der Waals surface area (Å²) < 4.78 is 11.5. The zero-order valence-electron chi connectivity index (χ0n) is 10.8. The largest absolute Gasteiger partial charge is 0.468 e. The molecular weight excluding hydrogens is 228 g/mol. The fraction of sp³-hybridized carbons (Fsp3) is 0.714. The van der Waals surface area contributed by atoms with Crippen LogP contribution in [-0.4, -0.2) is 30.2 Å². The number of ether oxygens (including phenoxy) is 1. The molecule has 2 unspecified atom stereocenters. The van der Waals surface area contributed by atoms with Gasteiger partial charge in [0.1, 0.15) is 5.76 Å². The second-order valence-electron chi connectivity index (χ2n) is 5.30. The van der Waals surface area contributed by atoms with Crippen molar-refractivity contribution in [3.63, 3.8) is 0 Å². The molecule has 2 atom stereocenters. The number of hydrogen-bond acceptors (Lipinski definition) is 4. The molecule has 2 heterocycles. The lowest BCUT2D eigenvalue weighted by molar-refractivity contribution is -0.0927. The molecule has 0 spiro atoms. The maximum atomic E-state index is 5.89. The first kappa shape index (κ1) is 12.2. The van der Waals surface area contributed by atoms with Crippen molar-refractivity contribution in [3.05, 3.63) is 23.7 Å². The van der Waals surface area contributed by atoms with Crippen LogP contribution >= 0.6 is 0 Å². The van der Waals surface area contributed by atoms with Crippen LogP contribution < -0.4 is 5.73 Å². The SMILES string of the molecule is NCc1ccoc1CN1CCOC2CCCCC21. The molecule has 1 aromatic rings. The standard InChI is InChI=1S/C14H22N2O2/c15-9-11-5-7-17-14(11)10-16-6-8-18-13-4-2-1-3-12(13)16/h5,7,12-13H,1-4,6,8-10,15H2. The van der Waals surface area contributed by atoms with E-state index in [0.717, 1.165) is 31.0 Å². The van der Waals surface area contributed by atoms with Gasteiger partial charge in [0.25, 0.3) is 0 Å². The van der Waals surface area contributed by atoms with Gasteiger partial charge in [-0.1, -0.05) is 12.8 Å². The number of nitrogens with zero attached hydrogens (tertiary/aromatic N) is 1. The molecule has 4 nitrogen and oxygen atoms in total. The maximum Gasteiger partial charge on any atom is 0.122 e. The molecule has 4 heteroatoms. The molecule has 3 rings (SSSR count). The van der Waals surface area contributed by atoms with Crippen LogP contribution in [0.4, 0.5) is 0 Å². The minimum Gasteiger partial charge on any atom is -0.468 e. The molecule has 1 aliphatic carbocycles. The van der Waals surface area contributed by atoms with Crippen molar-refractivity contribution in [2.75, 3.05) is 13.2 Å². The summed E-state index contributed by atoms with van der Waals surface area (Å²) in [6, 6.07) is 2.55. The third-order valence-electron chi connectivity index (χ3n) is 4.25. The molecule has 2 N–H and O–H groups in total. The van der Waals surface area contributed by atoms with Gasteiger partial charge >= 0.3 is 0 Å². The fourth-order valence-electron chi connectivity index (χ4n) is 3.24. The van der Waals surface area contributed by atoms with Crippen molar-refractivity contribution in [1.29, 1.82) is 0 Å². The van der Waals surface area contributed by atoms with Gasteiger partial charge in [0.05, 0.1) is 25.5 Å². The fourth-order valence-corrected chi connectivity index (χ4v) is 3.24. The van der Waals surface area contributed by atoms with E-state index in [0.29, 0.717) is 18.7 Å². The Labute approximate surface area is 108 Å². The average Bonchev–Trinajstić information content (AvgIpc) is 2.86. The third-order valence-corrected chi connectivity index (χ3v) is 4.25. The van der Waals surface area contributed by atoms with Gasteiger partial charge in [-0.3, -0.25) is 4.90 Å². The molecule has 1 saturated carbocycles. The highest BCUT2D eigenvalue weighted by Crippen LogP contribution is 2.29. The second-order valence-corrected chi connectivity index (χ2v) is 5.30. The smallest absolute Gasteiger partial charge is 0.122 e. The summed E-state index contributed by atoms with van der Waals surface area (Å²) in [4.78, 5) is 2.52. The predicted molar refractivity (Wildman–Crippen MR) is 69.0 cm³/mol. The Balaban J connectivity index is 1.71. The Morgan fingerprint density at radius 3 is 3.11 bits per heavy atom. The van der Waals surface area contributed by atoms with Gasteiger partial charge in [0.2, 0.25) is 0 Å². The van der Waals surface area contributed by atoms with Crippen molar-refractivity contribution in [2.24, 2.45) is 5.73 Å². The first-order valence-corrected chi connectivity index (χ1v) is 6.99. The number of morpholine rings is 1. The van der Waals surface area contributed by atoms with E-state index < -0.39 is 0 Å². The molecule has 1 saturated heterocycles. The number of furan rings is 1. The van der Waals surface area contributed by atoms with E-state index in [9.17, 15) is 0 Å². The van der Waals surface area contributed by atoms with Crippen molar-refractivity contribution in [2.45, 2.75) is 50.9 Å². The van der Waals surface area contributed by atoms with E-state index >= 15 is 0 Å². The summed E-state index contributed by atoms with van der Waals surface area (Å²) >= 11 is 0. The minimum absolute atomic E-state index is 0.434. The van der Waals surface area contributed by atoms with E-state index in [4.69, 9.17) is 14.9 Å². The summed E-state index contributed by atoms with van der Waals surface area (Å²) in [5, 5.41) is 0. The van der Waals surface area contributed by atoms with E-state index in [1.807, 2.05) is 6.07 Å². The zero-order valence-corrected chi connectivity index (χ0v) is 10.8. The van der Waals surface area contributed by atoms with E-state index in [1.165, 1.54) is 25.7 Å². The average molecular weight is 250 g/mol. The van der Waals surface area contributed by atoms with Crippen molar-refractivity contribution in [3.8, 4) is 0 Å². The summed E-state index contributed by atoms with van der Waals surface area (Å²) in [5.74, 6) is 1.03. The topological polar surface area (TPSA) is 51.6 Å². The quantitative estimate of drug-likeness (QED) is 0.890. The lowest BCUT2D eigenvalue weighted by Gasteiger charge is -2.43. The molecule has 2 fully saturated rings. The zero-order chi connectivity index (χ0) is 12.4. The highest BCUT2D eigenvalue weighted by atomic mass is 16.5. The molecule has 2 aliphatic rings. The molecule has 0 amide bonds. The van der Waals surface area contributed by atoms with Crippen LogP contribution in [-0.2, 0) is 17.8 Å². The summed E-state index contributed by atoms with van der Waals surface area (Å²) in [6.45, 7) is 3.29. The highest BCUT2D eigenvalue weighted by Gasteiger charge is 2.34. The lowest BCUT2D eigenvalue weighted by atomic mass is 9.90. The lowest BCUT2D eigenvalue weighted by Crippen LogP contribution is -2.52. The Hall–Kier alpha value is -0.840. The van der Waals surface area contributed by atoms with Gasteiger partial charge in [0, 0.05) is 24.7 Å². The number of hydrogen-bond donors (Lipinski definition) is 1. The molecular formula is C14H22N2O2. The first-order chi connectivity index (χ1) is 8.88. The van der Waals surface area contributed by atoms with Crippen LogP contribution in [0, 0.1) is 0 Å². The number of rotatable bonds is 3. The molecule has 18 heavy (non-hydrogen) atoms. The Bertz CT molecular complexity index is 389. The van der Waals surface area contributed by atoms with Crippen LogP contribution in [0.5, 0.6) is 0 Å². The van der Waals surface area contributed by atoms with E-state index in [-0.39, 0.29) is 0 Å². The molecule has 1 aliphatic heterocycles. The molecule has 0 bridgehead atoms. The molecule has 100 valence electrons. The molecule has 1 aromatic heterocycles. The van der Waals surface area contributed by atoms with Crippen LogP contribution in [0.25, 0.3) is 0 Å². The van der Waals surface area contributed by atoms with Gasteiger partial charge in [-0.2, -0.15) is 0 Å². The monoisotopic (exact) mass is 250 g/mol. The predicted octanol–water partition coefficient (Wildman–Crippen LogP) is 1.88. The second kappa shape index (κ2) is 5.43. The van der Waals surface area contributed by atoms with Gasteiger partial charge in [-0.25, -0.2) is 0 Å². The maximum absolute atomic E-state index is 5.89. The van der Waals surface area contributed by atoms with Gasteiger partial charge in [-0.15, -0.1) is 0 Å². The highest BCUT2D eigenvalue weighted by molar-refractivity contribution is 5.16. The number of fused-ring (bicyclic) bond motifs is 1. The summed E-state index contributed by atoms with van der Waals surface area (Å²) in [7, 11) is 0. The molecule has 0 radical (unpaired) electrons. The first-order valence-electron chi connectivity index (χ1n) is 6.99. The van der Waals surface area contributed by atoms with Crippen LogP contribution in [0.1, 0.15) is 37.0 Å². The van der Waals surface area contributed by atoms with E-state index in [1.54, 1.807) is 6.26 Å². The van der Waals surface area contributed by atoms with Crippen molar-refractivity contribution >= 4 is 0 Å². The van der Waals surface area contributed by atoms with Gasteiger partial charge in [-0.05, 0) is 18.9 Å². The summed E-state index contributed by atoms with van der Waals surface area (Å²) in [6.07, 6.45) is 7.28. The van der Waals surface area contributed by atoms with Crippen LogP contribution in [0.2, 0.25) is 0 Å². The summed E-state index contributed by atoms with van der Waals surface area (Å²) in [5.41, 5.74) is 6.86. The van der Waals surface area contributed by atoms with Crippen molar-refractivity contribution < 1.29 is 9.15 Å². The normalized spacial score (nSPS) is 29.2. The van der Waals surface area contributed by atoms with Crippen LogP contribution in [0.15, 0.2) is 16.7 Å². The third kappa shape index (κ3) is 2.32. The van der Waals surface area contributed by atoms with Crippen molar-refractivity contribution in [1.82, 2.24) is 4.90 Å².